The third-order valence-electron chi connectivity index (χ3n) is 2.37. The van der Waals surface area contributed by atoms with Gasteiger partial charge in [0.05, 0.1) is 19.0 Å². The monoisotopic (exact) mass is 353 g/mol. The van der Waals surface area contributed by atoms with Gasteiger partial charge in [0.1, 0.15) is 0 Å². The number of anilines is 2. The lowest BCUT2D eigenvalue weighted by Crippen LogP contribution is -2.18. The third kappa shape index (κ3) is 4.28. The van der Waals surface area contributed by atoms with E-state index in [9.17, 15) is 13.2 Å². The lowest BCUT2D eigenvalue weighted by molar-refractivity contribution is -0.274. The summed E-state index contributed by atoms with van der Waals surface area (Å²) in [7, 11) is 1.35. The van der Waals surface area contributed by atoms with Crippen molar-refractivity contribution in [1.29, 1.82) is 0 Å². The number of nitrogens with one attached hydrogen (secondary N) is 1. The Hall–Kier alpha value is -1.93. The van der Waals surface area contributed by atoms with E-state index >= 15 is 0 Å². The van der Waals surface area contributed by atoms with Crippen LogP contribution >= 0.6 is 23.2 Å². The van der Waals surface area contributed by atoms with Gasteiger partial charge in [0.25, 0.3) is 0 Å². The fourth-order valence-electron chi connectivity index (χ4n) is 1.52. The van der Waals surface area contributed by atoms with E-state index in [1.807, 2.05) is 0 Å². The van der Waals surface area contributed by atoms with E-state index in [1.54, 1.807) is 0 Å². The van der Waals surface area contributed by atoms with Crippen molar-refractivity contribution < 1.29 is 22.6 Å². The molecule has 2 rings (SSSR count). The molecule has 5 nitrogen and oxygen atoms in total. The molecule has 0 aliphatic carbocycles. The van der Waals surface area contributed by atoms with Crippen LogP contribution in [0.4, 0.5) is 24.7 Å². The van der Waals surface area contributed by atoms with Crippen molar-refractivity contribution in [2.24, 2.45) is 0 Å². The van der Waals surface area contributed by atoms with Crippen LogP contribution < -0.4 is 14.8 Å². The molecular weight excluding hydrogens is 346 g/mol. The van der Waals surface area contributed by atoms with E-state index in [0.717, 1.165) is 6.07 Å². The van der Waals surface area contributed by atoms with Gasteiger partial charge in [-0.3, -0.25) is 0 Å². The molecule has 0 aliphatic heterocycles. The van der Waals surface area contributed by atoms with Crippen LogP contribution in [0.3, 0.4) is 0 Å². The zero-order valence-corrected chi connectivity index (χ0v) is 12.4. The van der Waals surface area contributed by atoms with Gasteiger partial charge in [-0.05, 0) is 23.7 Å². The van der Waals surface area contributed by atoms with Gasteiger partial charge in [-0.2, -0.15) is 4.98 Å². The van der Waals surface area contributed by atoms with Gasteiger partial charge in [0, 0.05) is 11.1 Å². The Balaban J connectivity index is 2.39. The molecule has 0 unspecified atom stereocenters. The molecule has 1 N–H and O–H groups in total. The summed E-state index contributed by atoms with van der Waals surface area (Å²) in [5.74, 6) is -0.244. The van der Waals surface area contributed by atoms with Gasteiger partial charge >= 0.3 is 6.36 Å². The minimum atomic E-state index is -4.87. The molecule has 118 valence electrons. The first kappa shape index (κ1) is 16.4. The standard InChI is InChI=1S/C12H8Cl2F3N3O2/c1-21-9-5-18-11(14)20-10(9)19-7-3-2-6(13)4-8(7)22-12(15,16)17/h2-5H,1H3,(H,18,19,20). The van der Waals surface area contributed by atoms with Gasteiger partial charge in [-0.25, -0.2) is 4.98 Å². The quantitative estimate of drug-likeness (QED) is 0.823. The summed E-state index contributed by atoms with van der Waals surface area (Å²) in [5.41, 5.74) is -0.0187. The van der Waals surface area contributed by atoms with Crippen molar-refractivity contribution >= 4 is 34.7 Å². The van der Waals surface area contributed by atoms with E-state index in [0.29, 0.717) is 0 Å². The number of rotatable bonds is 4. The Morgan fingerprint density at radius 3 is 2.55 bits per heavy atom. The predicted molar refractivity (Wildman–Crippen MR) is 75.0 cm³/mol. The highest BCUT2D eigenvalue weighted by atomic mass is 35.5. The van der Waals surface area contributed by atoms with E-state index in [-0.39, 0.29) is 27.6 Å². The Bertz CT molecular complexity index is 683. The summed E-state index contributed by atoms with van der Waals surface area (Å²) in [5, 5.41) is 2.62. The smallest absolute Gasteiger partial charge is 0.491 e. The Labute approximate surface area is 133 Å². The maximum Gasteiger partial charge on any atom is 0.573 e. The molecule has 22 heavy (non-hydrogen) atoms. The van der Waals surface area contributed by atoms with Crippen LogP contribution in [0.15, 0.2) is 24.4 Å². The van der Waals surface area contributed by atoms with Gasteiger partial charge in [-0.15, -0.1) is 13.2 Å². The van der Waals surface area contributed by atoms with E-state index in [4.69, 9.17) is 27.9 Å². The van der Waals surface area contributed by atoms with Gasteiger partial charge < -0.3 is 14.8 Å². The minimum Gasteiger partial charge on any atom is -0.491 e. The number of methoxy groups -OCH3 is 1. The molecule has 1 aromatic heterocycles. The average molecular weight is 354 g/mol. The van der Waals surface area contributed by atoms with Crippen LogP contribution in [0, 0.1) is 0 Å². The second kappa shape index (κ2) is 6.45. The van der Waals surface area contributed by atoms with Crippen molar-refractivity contribution in [2.45, 2.75) is 6.36 Å². The first-order valence-electron chi connectivity index (χ1n) is 5.67. The molecule has 0 bridgehead atoms. The van der Waals surface area contributed by atoms with E-state index in [2.05, 4.69) is 20.0 Å². The van der Waals surface area contributed by atoms with Gasteiger partial charge in [0.2, 0.25) is 5.28 Å². The fourth-order valence-corrected chi connectivity index (χ4v) is 1.82. The van der Waals surface area contributed by atoms with Crippen molar-refractivity contribution in [3.8, 4) is 11.5 Å². The van der Waals surface area contributed by atoms with Crippen molar-refractivity contribution in [2.75, 3.05) is 12.4 Å². The highest BCUT2D eigenvalue weighted by molar-refractivity contribution is 6.30. The molecule has 0 fully saturated rings. The maximum absolute atomic E-state index is 12.4. The predicted octanol–water partition coefficient (Wildman–Crippen LogP) is 4.43. The Kier molecular flexibility index (Phi) is 4.82. The molecule has 0 amide bonds. The summed E-state index contributed by atoms with van der Waals surface area (Å²) in [6, 6.07) is 3.72. The molecule has 0 radical (unpaired) electrons. The maximum atomic E-state index is 12.4. The Morgan fingerprint density at radius 2 is 1.91 bits per heavy atom. The topological polar surface area (TPSA) is 56.3 Å². The molecule has 1 heterocycles. The van der Waals surface area contributed by atoms with Crippen LogP contribution in [-0.2, 0) is 0 Å². The zero-order valence-electron chi connectivity index (χ0n) is 10.9. The molecule has 1 aromatic carbocycles. The van der Waals surface area contributed by atoms with E-state index < -0.39 is 12.1 Å². The van der Waals surface area contributed by atoms with Gasteiger partial charge in [0.15, 0.2) is 17.3 Å². The summed E-state index contributed by atoms with van der Waals surface area (Å²) in [4.78, 5) is 7.55. The molecule has 0 saturated carbocycles. The van der Waals surface area contributed by atoms with Crippen molar-refractivity contribution in [3.05, 3.63) is 34.7 Å². The number of nitrogens with zero attached hydrogens (tertiary/aromatic N) is 2. The zero-order chi connectivity index (χ0) is 16.3. The number of aromatic nitrogens is 2. The lowest BCUT2D eigenvalue weighted by atomic mass is 10.3. The third-order valence-corrected chi connectivity index (χ3v) is 2.79. The van der Waals surface area contributed by atoms with Crippen LogP contribution in [0.25, 0.3) is 0 Å². The van der Waals surface area contributed by atoms with E-state index in [1.165, 1.54) is 25.4 Å². The van der Waals surface area contributed by atoms with Crippen LogP contribution in [0.2, 0.25) is 10.3 Å². The molecule has 2 aromatic rings. The summed E-state index contributed by atoms with van der Waals surface area (Å²) >= 11 is 11.3. The number of ether oxygens (including phenoxy) is 2. The van der Waals surface area contributed by atoms with Crippen molar-refractivity contribution in [3.63, 3.8) is 0 Å². The highest BCUT2D eigenvalue weighted by Gasteiger charge is 2.32. The number of hydrogen-bond acceptors (Lipinski definition) is 5. The van der Waals surface area contributed by atoms with Crippen LogP contribution in [0.5, 0.6) is 11.5 Å². The first-order chi connectivity index (χ1) is 10.3. The second-order valence-electron chi connectivity index (χ2n) is 3.87. The highest BCUT2D eigenvalue weighted by Crippen LogP contribution is 2.36. The number of hydrogen-bond donors (Lipinski definition) is 1. The summed E-state index contributed by atoms with van der Waals surface area (Å²) < 4.78 is 46.2. The number of benzene rings is 1. The largest absolute Gasteiger partial charge is 0.573 e. The first-order valence-corrected chi connectivity index (χ1v) is 6.43. The molecule has 0 saturated heterocycles. The average Bonchev–Trinajstić information content (AvgIpc) is 2.40. The molecule has 0 aliphatic rings. The van der Waals surface area contributed by atoms with Crippen LogP contribution in [-0.4, -0.2) is 23.4 Å². The normalized spacial score (nSPS) is 11.2. The Morgan fingerprint density at radius 1 is 1.18 bits per heavy atom. The minimum absolute atomic E-state index is 0.0187. The number of halogens is 5. The fraction of sp³-hybridized carbons (Fsp3) is 0.167. The lowest BCUT2D eigenvalue weighted by Gasteiger charge is -2.15. The van der Waals surface area contributed by atoms with Gasteiger partial charge in [-0.1, -0.05) is 11.6 Å². The SMILES string of the molecule is COc1cnc(Cl)nc1Nc1ccc(Cl)cc1OC(F)(F)F. The van der Waals surface area contributed by atoms with Crippen molar-refractivity contribution in [1.82, 2.24) is 9.97 Å². The summed E-state index contributed by atoms with van der Waals surface area (Å²) in [6.45, 7) is 0. The molecule has 10 heteroatoms. The molecule has 0 atom stereocenters. The summed E-state index contributed by atoms with van der Waals surface area (Å²) in [6.07, 6.45) is -3.59. The molecule has 0 spiro atoms. The second-order valence-corrected chi connectivity index (χ2v) is 4.64. The van der Waals surface area contributed by atoms with Crippen LogP contribution in [0.1, 0.15) is 0 Å². The number of alkyl halides is 3. The molecular formula is C12H8Cl2F3N3O2.